The van der Waals surface area contributed by atoms with E-state index < -0.39 is 0 Å². The zero-order valence-corrected chi connectivity index (χ0v) is 11.8. The second kappa shape index (κ2) is 6.19. The summed E-state index contributed by atoms with van der Waals surface area (Å²) in [4.78, 5) is 6.83. The van der Waals surface area contributed by atoms with E-state index in [1.807, 2.05) is 12.4 Å². The largest absolute Gasteiger partial charge is 0.367 e. The van der Waals surface area contributed by atoms with Crippen LogP contribution in [0.15, 0.2) is 18.5 Å². The molecule has 0 radical (unpaired) electrons. The van der Waals surface area contributed by atoms with Gasteiger partial charge in [0.15, 0.2) is 0 Å². The zero-order valence-electron chi connectivity index (χ0n) is 11.8. The Morgan fingerprint density at radius 3 is 2.83 bits per heavy atom. The summed E-state index contributed by atoms with van der Waals surface area (Å²) >= 11 is 0. The maximum Gasteiger partial charge on any atom is 0.0600 e. The molecule has 3 nitrogen and oxygen atoms in total. The van der Waals surface area contributed by atoms with E-state index in [0.717, 1.165) is 19.0 Å². The lowest BCUT2D eigenvalue weighted by molar-refractivity contribution is 0.635. The van der Waals surface area contributed by atoms with Crippen molar-refractivity contribution in [2.75, 3.05) is 18.0 Å². The molecule has 100 valence electrons. The quantitative estimate of drug-likeness (QED) is 0.803. The summed E-state index contributed by atoms with van der Waals surface area (Å²) in [5, 5.41) is 3.41. The molecule has 1 aromatic rings. The first-order valence-corrected chi connectivity index (χ1v) is 7.12. The van der Waals surface area contributed by atoms with Crippen molar-refractivity contribution in [3.8, 4) is 0 Å². The molecule has 0 spiro atoms. The van der Waals surface area contributed by atoms with Gasteiger partial charge in [0.05, 0.1) is 11.9 Å². The van der Waals surface area contributed by atoms with Crippen molar-refractivity contribution in [3.05, 3.63) is 24.0 Å². The van der Waals surface area contributed by atoms with E-state index in [4.69, 9.17) is 0 Å². The second-order valence-electron chi connectivity index (χ2n) is 5.47. The van der Waals surface area contributed by atoms with Gasteiger partial charge < -0.3 is 10.2 Å². The maximum atomic E-state index is 4.31. The van der Waals surface area contributed by atoms with Crippen LogP contribution in [0.2, 0.25) is 0 Å². The van der Waals surface area contributed by atoms with Gasteiger partial charge in [0.1, 0.15) is 0 Å². The van der Waals surface area contributed by atoms with Crippen LogP contribution in [0.4, 0.5) is 5.69 Å². The number of hydrogen-bond acceptors (Lipinski definition) is 3. The molecule has 1 fully saturated rings. The summed E-state index contributed by atoms with van der Waals surface area (Å²) in [5.41, 5.74) is 2.67. The van der Waals surface area contributed by atoms with Crippen molar-refractivity contribution in [1.82, 2.24) is 10.3 Å². The molecule has 0 amide bonds. The van der Waals surface area contributed by atoms with Crippen LogP contribution in [0.5, 0.6) is 0 Å². The Kier molecular flexibility index (Phi) is 4.59. The molecule has 18 heavy (non-hydrogen) atoms. The third kappa shape index (κ3) is 3.45. The Bertz CT molecular complexity index is 372. The van der Waals surface area contributed by atoms with Crippen LogP contribution < -0.4 is 10.2 Å². The van der Waals surface area contributed by atoms with E-state index in [1.54, 1.807) is 0 Å². The van der Waals surface area contributed by atoms with Crippen molar-refractivity contribution in [1.29, 1.82) is 0 Å². The number of hydrogen-bond donors (Lipinski definition) is 1. The molecule has 3 heteroatoms. The van der Waals surface area contributed by atoms with Gasteiger partial charge in [0.2, 0.25) is 0 Å². The SMILES string of the molecule is CCNCc1ccncc1N(CC1CC1)C(C)C. The molecular weight excluding hydrogens is 222 g/mol. The molecule has 0 aliphatic heterocycles. The van der Waals surface area contributed by atoms with Crippen LogP contribution in [-0.4, -0.2) is 24.1 Å². The highest BCUT2D eigenvalue weighted by Gasteiger charge is 2.26. The first-order valence-electron chi connectivity index (χ1n) is 7.12. The van der Waals surface area contributed by atoms with Gasteiger partial charge in [-0.1, -0.05) is 6.92 Å². The van der Waals surface area contributed by atoms with Gasteiger partial charge >= 0.3 is 0 Å². The minimum Gasteiger partial charge on any atom is -0.367 e. The summed E-state index contributed by atoms with van der Waals surface area (Å²) in [5.74, 6) is 0.902. The molecule has 0 aromatic carbocycles. The van der Waals surface area contributed by atoms with Crippen LogP contribution in [0, 0.1) is 5.92 Å². The van der Waals surface area contributed by atoms with Gasteiger partial charge in [-0.15, -0.1) is 0 Å². The molecule has 2 rings (SSSR count). The molecule has 0 atom stereocenters. The maximum absolute atomic E-state index is 4.31. The summed E-state index contributed by atoms with van der Waals surface area (Å²) in [6, 6.07) is 2.68. The van der Waals surface area contributed by atoms with Crippen LogP contribution >= 0.6 is 0 Å². The number of nitrogens with one attached hydrogen (secondary N) is 1. The lowest BCUT2D eigenvalue weighted by Crippen LogP contribution is -2.34. The molecule has 1 heterocycles. The van der Waals surface area contributed by atoms with Gasteiger partial charge in [-0.25, -0.2) is 0 Å². The first-order chi connectivity index (χ1) is 8.72. The van der Waals surface area contributed by atoms with E-state index in [-0.39, 0.29) is 0 Å². The fourth-order valence-electron chi connectivity index (χ4n) is 2.25. The lowest BCUT2D eigenvalue weighted by Gasteiger charge is -2.30. The Balaban J connectivity index is 2.16. The van der Waals surface area contributed by atoms with E-state index in [0.29, 0.717) is 6.04 Å². The predicted octanol–water partition coefficient (Wildman–Crippen LogP) is 2.82. The lowest BCUT2D eigenvalue weighted by atomic mass is 10.1. The van der Waals surface area contributed by atoms with Crippen molar-refractivity contribution >= 4 is 5.69 Å². The number of nitrogens with zero attached hydrogens (tertiary/aromatic N) is 2. The third-order valence-electron chi connectivity index (χ3n) is 3.54. The van der Waals surface area contributed by atoms with Crippen LogP contribution in [-0.2, 0) is 6.54 Å². The molecule has 1 aliphatic rings. The Hall–Kier alpha value is -1.09. The van der Waals surface area contributed by atoms with Crippen molar-refractivity contribution in [2.45, 2.75) is 46.2 Å². The molecule has 1 aliphatic carbocycles. The summed E-state index contributed by atoms with van der Waals surface area (Å²) < 4.78 is 0. The number of anilines is 1. The highest BCUT2D eigenvalue weighted by molar-refractivity contribution is 5.52. The van der Waals surface area contributed by atoms with Crippen LogP contribution in [0.25, 0.3) is 0 Å². The minimum absolute atomic E-state index is 0.537. The van der Waals surface area contributed by atoms with Crippen molar-refractivity contribution in [2.24, 2.45) is 5.92 Å². The van der Waals surface area contributed by atoms with Gasteiger partial charge in [0.25, 0.3) is 0 Å². The van der Waals surface area contributed by atoms with E-state index in [2.05, 4.69) is 42.0 Å². The van der Waals surface area contributed by atoms with E-state index in [9.17, 15) is 0 Å². The summed E-state index contributed by atoms with van der Waals surface area (Å²) in [7, 11) is 0. The minimum atomic E-state index is 0.537. The highest BCUT2D eigenvalue weighted by Crippen LogP contribution is 2.33. The average Bonchev–Trinajstić information content (AvgIpc) is 3.17. The van der Waals surface area contributed by atoms with Gasteiger partial charge in [-0.05, 0) is 50.8 Å². The average molecular weight is 247 g/mol. The summed E-state index contributed by atoms with van der Waals surface area (Å²) in [6.45, 7) is 9.81. The zero-order chi connectivity index (χ0) is 13.0. The first kappa shape index (κ1) is 13.3. The Labute approximate surface area is 111 Å². The molecule has 1 saturated carbocycles. The van der Waals surface area contributed by atoms with Gasteiger partial charge in [-0.2, -0.15) is 0 Å². The van der Waals surface area contributed by atoms with Crippen LogP contribution in [0.1, 0.15) is 39.2 Å². The molecule has 0 bridgehead atoms. The van der Waals surface area contributed by atoms with Crippen molar-refractivity contribution < 1.29 is 0 Å². The van der Waals surface area contributed by atoms with Gasteiger partial charge in [-0.3, -0.25) is 4.98 Å². The number of aromatic nitrogens is 1. The van der Waals surface area contributed by atoms with Crippen LogP contribution in [0.3, 0.4) is 0 Å². The fraction of sp³-hybridized carbons (Fsp3) is 0.667. The third-order valence-corrected chi connectivity index (χ3v) is 3.54. The predicted molar refractivity (Wildman–Crippen MR) is 76.8 cm³/mol. The fourth-order valence-corrected chi connectivity index (χ4v) is 2.25. The second-order valence-corrected chi connectivity index (χ2v) is 5.47. The standard InChI is InChI=1S/C15H25N3/c1-4-16-9-14-7-8-17-10-15(14)18(12(2)3)11-13-5-6-13/h7-8,10,12-13,16H,4-6,9,11H2,1-3H3. The molecule has 1 N–H and O–H groups in total. The highest BCUT2D eigenvalue weighted by atomic mass is 15.2. The summed E-state index contributed by atoms with van der Waals surface area (Å²) in [6.07, 6.45) is 6.71. The normalized spacial score (nSPS) is 15.1. The molecular formula is C15H25N3. The topological polar surface area (TPSA) is 28.2 Å². The van der Waals surface area contributed by atoms with Gasteiger partial charge in [0, 0.05) is 25.3 Å². The molecule has 0 saturated heterocycles. The Morgan fingerprint density at radius 1 is 1.44 bits per heavy atom. The molecule has 0 unspecified atom stereocenters. The van der Waals surface area contributed by atoms with Crippen molar-refractivity contribution in [3.63, 3.8) is 0 Å². The smallest absolute Gasteiger partial charge is 0.0600 e. The monoisotopic (exact) mass is 247 g/mol. The number of rotatable bonds is 7. The van der Waals surface area contributed by atoms with E-state index in [1.165, 1.54) is 30.6 Å². The number of pyridine rings is 1. The molecule has 1 aromatic heterocycles. The Morgan fingerprint density at radius 2 is 2.22 bits per heavy atom. The van der Waals surface area contributed by atoms with E-state index >= 15 is 0 Å².